The molecule has 24 heavy (non-hydrogen) atoms. The van der Waals surface area contributed by atoms with Crippen LogP contribution in [0.5, 0.6) is 0 Å². The second kappa shape index (κ2) is 6.28. The highest BCUT2D eigenvalue weighted by atomic mass is 32.2. The van der Waals surface area contributed by atoms with Crippen molar-refractivity contribution in [1.82, 2.24) is 9.47 Å². The van der Waals surface area contributed by atoms with Gasteiger partial charge in [0.25, 0.3) is 5.91 Å². The highest BCUT2D eigenvalue weighted by Gasteiger charge is 2.30. The van der Waals surface area contributed by atoms with E-state index in [9.17, 15) is 9.18 Å². The number of amides is 1. The zero-order chi connectivity index (χ0) is 17.4. The summed E-state index contributed by atoms with van der Waals surface area (Å²) in [7, 11) is 3.38. The first-order valence-electron chi connectivity index (χ1n) is 7.52. The molecule has 1 amide bonds. The molecule has 0 N–H and O–H groups in total. The number of benzene rings is 1. The molecule has 0 bridgehead atoms. The Balaban J connectivity index is 2.07. The van der Waals surface area contributed by atoms with Gasteiger partial charge in [-0.05, 0) is 55.4 Å². The van der Waals surface area contributed by atoms with Crippen molar-refractivity contribution in [3.8, 4) is 5.69 Å². The maximum atomic E-state index is 14.1. The van der Waals surface area contributed by atoms with E-state index in [4.69, 9.17) is 0 Å². The van der Waals surface area contributed by atoms with E-state index in [-0.39, 0.29) is 11.7 Å². The molecule has 0 aliphatic carbocycles. The van der Waals surface area contributed by atoms with E-state index >= 15 is 0 Å². The third-order valence-corrected chi connectivity index (χ3v) is 5.20. The molecule has 0 atom stereocenters. The SMILES string of the molecule is CN=C1S/C(=C\c2cc(C)n(-c3ccccc3F)c2C)C(=O)N1C. The second-order valence-electron chi connectivity index (χ2n) is 5.59. The van der Waals surface area contributed by atoms with Crippen LogP contribution in [0.2, 0.25) is 0 Å². The van der Waals surface area contributed by atoms with Crippen LogP contribution < -0.4 is 0 Å². The van der Waals surface area contributed by atoms with Gasteiger partial charge in [-0.25, -0.2) is 4.39 Å². The zero-order valence-electron chi connectivity index (χ0n) is 14.0. The molecule has 1 aromatic carbocycles. The lowest BCUT2D eigenvalue weighted by Gasteiger charge is -2.10. The van der Waals surface area contributed by atoms with Crippen LogP contribution in [0.15, 0.2) is 40.2 Å². The highest BCUT2D eigenvalue weighted by Crippen LogP contribution is 2.33. The van der Waals surface area contributed by atoms with Crippen LogP contribution in [0, 0.1) is 19.7 Å². The van der Waals surface area contributed by atoms with E-state index in [0.717, 1.165) is 17.0 Å². The van der Waals surface area contributed by atoms with Crippen LogP contribution in [-0.4, -0.2) is 34.6 Å². The standard InChI is InChI=1S/C18H18FN3OS/c1-11-9-13(10-16-17(23)21(4)18(20-3)24-16)12(2)22(11)15-8-6-5-7-14(15)19/h5-10H,1-4H3/b16-10-,20-18?. The molecular weight excluding hydrogens is 325 g/mol. The summed E-state index contributed by atoms with van der Waals surface area (Å²) in [5.74, 6) is -0.346. The zero-order valence-corrected chi connectivity index (χ0v) is 14.8. The van der Waals surface area contributed by atoms with Gasteiger partial charge in [-0.1, -0.05) is 12.1 Å². The van der Waals surface area contributed by atoms with Gasteiger partial charge in [0.05, 0.1) is 10.6 Å². The number of aliphatic imine (C=N–C) groups is 1. The Morgan fingerprint density at radius 3 is 2.58 bits per heavy atom. The topological polar surface area (TPSA) is 37.6 Å². The Hall–Kier alpha value is -2.34. The van der Waals surface area contributed by atoms with Crippen molar-refractivity contribution in [2.45, 2.75) is 13.8 Å². The van der Waals surface area contributed by atoms with Gasteiger partial charge >= 0.3 is 0 Å². The third-order valence-electron chi connectivity index (χ3n) is 4.05. The number of aromatic nitrogens is 1. The third kappa shape index (κ3) is 2.67. The van der Waals surface area contributed by atoms with Crippen LogP contribution in [-0.2, 0) is 4.79 Å². The van der Waals surface area contributed by atoms with Gasteiger partial charge in [-0.3, -0.25) is 14.7 Å². The van der Waals surface area contributed by atoms with Crippen molar-refractivity contribution >= 4 is 28.9 Å². The van der Waals surface area contributed by atoms with E-state index < -0.39 is 0 Å². The van der Waals surface area contributed by atoms with Crippen LogP contribution in [0.4, 0.5) is 4.39 Å². The fraction of sp³-hybridized carbons (Fsp3) is 0.222. The number of carbonyl (C=O) groups is 1. The summed E-state index contributed by atoms with van der Waals surface area (Å²) in [4.78, 5) is 18.6. The first-order chi connectivity index (χ1) is 11.4. The van der Waals surface area contributed by atoms with E-state index in [1.807, 2.05) is 36.6 Å². The predicted molar refractivity (Wildman–Crippen MR) is 96.9 cm³/mol. The van der Waals surface area contributed by atoms with Crippen LogP contribution in [0.1, 0.15) is 17.0 Å². The largest absolute Gasteiger partial charge is 0.315 e. The molecule has 6 heteroatoms. The van der Waals surface area contributed by atoms with Gasteiger partial charge in [0.15, 0.2) is 5.17 Å². The molecule has 124 valence electrons. The number of rotatable bonds is 2. The molecule has 1 aliphatic heterocycles. The van der Waals surface area contributed by atoms with Crippen molar-refractivity contribution in [2.75, 3.05) is 14.1 Å². The van der Waals surface area contributed by atoms with Crippen molar-refractivity contribution in [3.63, 3.8) is 0 Å². The smallest absolute Gasteiger partial charge is 0.266 e. The summed E-state index contributed by atoms with van der Waals surface area (Å²) in [6.45, 7) is 3.85. The van der Waals surface area contributed by atoms with Gasteiger partial charge in [-0.2, -0.15) is 0 Å². The van der Waals surface area contributed by atoms with Gasteiger partial charge < -0.3 is 4.57 Å². The molecule has 2 aromatic rings. The molecule has 0 radical (unpaired) electrons. The molecule has 1 aromatic heterocycles. The molecule has 2 heterocycles. The van der Waals surface area contributed by atoms with Gasteiger partial charge in [0.1, 0.15) is 5.82 Å². The van der Waals surface area contributed by atoms with Crippen LogP contribution in [0.3, 0.4) is 0 Å². The first-order valence-corrected chi connectivity index (χ1v) is 8.34. The summed E-state index contributed by atoms with van der Waals surface area (Å²) < 4.78 is 16.0. The molecule has 3 rings (SSSR count). The Morgan fingerprint density at radius 1 is 1.25 bits per heavy atom. The molecule has 0 spiro atoms. The number of likely N-dealkylation sites (N-methyl/N-ethyl adjacent to an activating group) is 1. The number of thioether (sulfide) groups is 1. The number of halogens is 1. The lowest BCUT2D eigenvalue weighted by Crippen LogP contribution is -2.23. The second-order valence-corrected chi connectivity index (χ2v) is 6.60. The number of amidine groups is 1. The monoisotopic (exact) mass is 343 g/mol. The van der Waals surface area contributed by atoms with E-state index in [1.54, 1.807) is 26.2 Å². The number of para-hydroxylation sites is 1. The van der Waals surface area contributed by atoms with Crippen LogP contribution in [0.25, 0.3) is 11.8 Å². The summed E-state index contributed by atoms with van der Waals surface area (Å²) in [6, 6.07) is 8.64. The minimum Gasteiger partial charge on any atom is -0.315 e. The number of hydrogen-bond donors (Lipinski definition) is 0. The molecule has 1 fully saturated rings. The Morgan fingerprint density at radius 2 is 1.96 bits per heavy atom. The van der Waals surface area contributed by atoms with Crippen molar-refractivity contribution < 1.29 is 9.18 Å². The van der Waals surface area contributed by atoms with Gasteiger partial charge in [0.2, 0.25) is 0 Å². The van der Waals surface area contributed by atoms with Crippen molar-refractivity contribution in [3.05, 3.63) is 58.0 Å². The van der Waals surface area contributed by atoms with Crippen LogP contribution >= 0.6 is 11.8 Å². The molecule has 0 saturated carbocycles. The van der Waals surface area contributed by atoms with E-state index in [1.165, 1.54) is 22.7 Å². The Bertz CT molecular complexity index is 882. The summed E-state index contributed by atoms with van der Waals surface area (Å²) >= 11 is 1.35. The maximum absolute atomic E-state index is 14.1. The van der Waals surface area contributed by atoms with Gasteiger partial charge in [0, 0.05) is 25.5 Å². The molecule has 1 saturated heterocycles. The number of hydrogen-bond acceptors (Lipinski definition) is 3. The maximum Gasteiger partial charge on any atom is 0.266 e. The van der Waals surface area contributed by atoms with E-state index in [2.05, 4.69) is 4.99 Å². The number of carbonyl (C=O) groups excluding carboxylic acids is 1. The first kappa shape index (κ1) is 16.5. The van der Waals surface area contributed by atoms with Gasteiger partial charge in [-0.15, -0.1) is 0 Å². The number of nitrogens with zero attached hydrogens (tertiary/aromatic N) is 3. The fourth-order valence-electron chi connectivity index (χ4n) is 2.83. The molecular formula is C18H18FN3OS. The average molecular weight is 343 g/mol. The molecule has 4 nitrogen and oxygen atoms in total. The molecule has 1 aliphatic rings. The lowest BCUT2D eigenvalue weighted by molar-refractivity contribution is -0.121. The highest BCUT2D eigenvalue weighted by molar-refractivity contribution is 8.18. The number of aryl methyl sites for hydroxylation is 1. The Kier molecular flexibility index (Phi) is 4.32. The summed E-state index contributed by atoms with van der Waals surface area (Å²) in [5.41, 5.74) is 3.22. The fourth-order valence-corrected chi connectivity index (χ4v) is 3.75. The minimum atomic E-state index is -0.273. The van der Waals surface area contributed by atoms with E-state index in [0.29, 0.717) is 15.8 Å². The Labute approximate surface area is 144 Å². The average Bonchev–Trinajstić information content (AvgIpc) is 2.99. The minimum absolute atomic E-state index is 0.0729. The quantitative estimate of drug-likeness (QED) is 0.779. The van der Waals surface area contributed by atoms with Crippen molar-refractivity contribution in [2.24, 2.45) is 4.99 Å². The predicted octanol–water partition coefficient (Wildman–Crippen LogP) is 3.77. The molecule has 0 unspecified atom stereocenters. The normalized spacial score (nSPS) is 18.2. The lowest BCUT2D eigenvalue weighted by atomic mass is 10.2. The summed E-state index contributed by atoms with van der Waals surface area (Å²) in [5, 5.41) is 0.675. The summed E-state index contributed by atoms with van der Waals surface area (Å²) in [6.07, 6.45) is 1.85. The van der Waals surface area contributed by atoms with Crippen molar-refractivity contribution in [1.29, 1.82) is 0 Å².